The Balaban J connectivity index is 2.17. The maximum Gasteiger partial charge on any atom is 0.225 e. The van der Waals surface area contributed by atoms with Gasteiger partial charge in [-0.05, 0) is 18.8 Å². The van der Waals surface area contributed by atoms with Gasteiger partial charge in [0.05, 0.1) is 5.69 Å². The minimum absolute atomic E-state index is 0.668. The van der Waals surface area contributed by atoms with Crippen LogP contribution in [-0.4, -0.2) is 23.1 Å². The molecule has 0 atom stereocenters. The fourth-order valence-electron chi connectivity index (χ4n) is 2.24. The van der Waals surface area contributed by atoms with E-state index in [1.807, 2.05) is 24.3 Å². The monoisotopic (exact) mass is 312 g/mol. The lowest BCUT2D eigenvalue weighted by Crippen LogP contribution is -2.10. The summed E-state index contributed by atoms with van der Waals surface area (Å²) in [6.45, 7) is 8.47. The van der Waals surface area contributed by atoms with Gasteiger partial charge >= 0.3 is 0 Å². The lowest BCUT2D eigenvalue weighted by Gasteiger charge is -2.12. The van der Waals surface area contributed by atoms with Gasteiger partial charge in [0.2, 0.25) is 5.95 Å². The summed E-state index contributed by atoms with van der Waals surface area (Å²) < 4.78 is 0. The van der Waals surface area contributed by atoms with Gasteiger partial charge in [0.1, 0.15) is 5.82 Å². The van der Waals surface area contributed by atoms with E-state index in [-0.39, 0.29) is 0 Å². The van der Waals surface area contributed by atoms with Crippen LogP contribution in [-0.2, 0) is 0 Å². The summed E-state index contributed by atoms with van der Waals surface area (Å²) in [4.78, 5) is 9.26. The van der Waals surface area contributed by atoms with Crippen LogP contribution in [0.15, 0.2) is 36.4 Å². The number of anilines is 2. The number of rotatable bonds is 9. The van der Waals surface area contributed by atoms with Crippen LogP contribution < -0.4 is 10.6 Å². The predicted octanol–water partition coefficient (Wildman–Crippen LogP) is 4.81. The summed E-state index contributed by atoms with van der Waals surface area (Å²) in [5, 5.41) is 6.76. The van der Waals surface area contributed by atoms with Crippen LogP contribution in [0.2, 0.25) is 0 Å². The Morgan fingerprint density at radius 3 is 2.48 bits per heavy atom. The third kappa shape index (κ3) is 5.89. The molecule has 0 aliphatic heterocycles. The van der Waals surface area contributed by atoms with Gasteiger partial charge in [-0.3, -0.25) is 0 Å². The molecule has 0 spiro atoms. The molecule has 4 heteroatoms. The van der Waals surface area contributed by atoms with Crippen molar-refractivity contribution in [2.45, 2.75) is 40.0 Å². The smallest absolute Gasteiger partial charge is 0.225 e. The van der Waals surface area contributed by atoms with Crippen molar-refractivity contribution in [1.29, 1.82) is 0 Å². The predicted molar refractivity (Wildman–Crippen MR) is 98.8 cm³/mol. The molecule has 1 heterocycles. The highest BCUT2D eigenvalue weighted by atomic mass is 15.1. The summed E-state index contributed by atoms with van der Waals surface area (Å²) in [5.41, 5.74) is 2.06. The van der Waals surface area contributed by atoms with Crippen molar-refractivity contribution in [3.63, 3.8) is 0 Å². The van der Waals surface area contributed by atoms with Crippen LogP contribution in [0.4, 0.5) is 11.8 Å². The Labute approximate surface area is 139 Å². The molecule has 124 valence electrons. The summed E-state index contributed by atoms with van der Waals surface area (Å²) in [6.07, 6.45) is 3.42. The van der Waals surface area contributed by atoms with E-state index in [4.69, 9.17) is 0 Å². The number of hydrogen-bond donors (Lipinski definition) is 2. The van der Waals surface area contributed by atoms with Gasteiger partial charge in [-0.15, -0.1) is 0 Å². The zero-order valence-electron chi connectivity index (χ0n) is 14.5. The standard InChI is InChI=1S/C19H28N4/c1-4-5-12-20-18-14-17(16-9-7-6-8-10-16)22-19(23-18)21-13-11-15(2)3/h6-10,14-15H,4-5,11-13H2,1-3H3,(H2,20,21,22,23). The molecule has 4 nitrogen and oxygen atoms in total. The number of aromatic nitrogens is 2. The lowest BCUT2D eigenvalue weighted by atomic mass is 10.1. The van der Waals surface area contributed by atoms with Gasteiger partial charge in [0.15, 0.2) is 0 Å². The molecule has 0 aliphatic carbocycles. The number of nitrogens with one attached hydrogen (secondary N) is 2. The zero-order valence-corrected chi connectivity index (χ0v) is 14.5. The van der Waals surface area contributed by atoms with E-state index in [1.165, 1.54) is 6.42 Å². The number of benzene rings is 1. The topological polar surface area (TPSA) is 49.8 Å². The van der Waals surface area contributed by atoms with Crippen LogP contribution in [0.3, 0.4) is 0 Å². The minimum atomic E-state index is 0.668. The quantitative estimate of drug-likeness (QED) is 0.652. The molecule has 0 saturated heterocycles. The second-order valence-electron chi connectivity index (χ2n) is 6.22. The Bertz CT molecular complexity index is 581. The second kappa shape index (κ2) is 9.13. The van der Waals surface area contributed by atoms with E-state index in [1.54, 1.807) is 0 Å². The van der Waals surface area contributed by atoms with Crippen molar-refractivity contribution in [3.8, 4) is 11.3 Å². The summed E-state index contributed by atoms with van der Waals surface area (Å²) in [7, 11) is 0. The highest BCUT2D eigenvalue weighted by Crippen LogP contribution is 2.21. The number of hydrogen-bond acceptors (Lipinski definition) is 4. The van der Waals surface area contributed by atoms with E-state index in [0.717, 1.165) is 43.0 Å². The van der Waals surface area contributed by atoms with Crippen LogP contribution in [0, 0.1) is 5.92 Å². The molecule has 1 aromatic carbocycles. The number of nitrogens with zero attached hydrogens (tertiary/aromatic N) is 2. The van der Waals surface area contributed by atoms with Gasteiger partial charge in [0.25, 0.3) is 0 Å². The van der Waals surface area contributed by atoms with E-state index < -0.39 is 0 Å². The Morgan fingerprint density at radius 2 is 1.78 bits per heavy atom. The maximum atomic E-state index is 4.67. The first-order valence-corrected chi connectivity index (χ1v) is 8.61. The van der Waals surface area contributed by atoms with Gasteiger partial charge < -0.3 is 10.6 Å². The first-order valence-electron chi connectivity index (χ1n) is 8.61. The fourth-order valence-corrected chi connectivity index (χ4v) is 2.24. The fraction of sp³-hybridized carbons (Fsp3) is 0.474. The molecular weight excluding hydrogens is 284 g/mol. The van der Waals surface area contributed by atoms with E-state index in [2.05, 4.69) is 53.5 Å². The van der Waals surface area contributed by atoms with E-state index in [0.29, 0.717) is 11.9 Å². The minimum Gasteiger partial charge on any atom is -0.370 e. The zero-order chi connectivity index (χ0) is 16.5. The summed E-state index contributed by atoms with van der Waals surface area (Å²) in [5.74, 6) is 2.26. The third-order valence-corrected chi connectivity index (χ3v) is 3.64. The van der Waals surface area contributed by atoms with Crippen LogP contribution >= 0.6 is 0 Å². The van der Waals surface area contributed by atoms with Crippen LogP contribution in [0.5, 0.6) is 0 Å². The van der Waals surface area contributed by atoms with Gasteiger partial charge in [0, 0.05) is 24.7 Å². The normalized spacial score (nSPS) is 10.8. The molecule has 0 amide bonds. The van der Waals surface area contributed by atoms with Gasteiger partial charge in [-0.2, -0.15) is 4.98 Å². The Morgan fingerprint density at radius 1 is 1.00 bits per heavy atom. The molecule has 0 saturated carbocycles. The largest absolute Gasteiger partial charge is 0.370 e. The SMILES string of the molecule is CCCCNc1cc(-c2ccccc2)nc(NCCC(C)C)n1. The molecule has 2 N–H and O–H groups in total. The molecule has 2 rings (SSSR count). The molecule has 0 aliphatic rings. The van der Waals surface area contributed by atoms with E-state index in [9.17, 15) is 0 Å². The average Bonchev–Trinajstić information content (AvgIpc) is 2.55. The number of unbranched alkanes of at least 4 members (excludes halogenated alkanes) is 1. The highest BCUT2D eigenvalue weighted by Gasteiger charge is 2.06. The maximum absolute atomic E-state index is 4.67. The van der Waals surface area contributed by atoms with Crippen molar-refractivity contribution in [2.75, 3.05) is 23.7 Å². The van der Waals surface area contributed by atoms with Gasteiger partial charge in [-0.25, -0.2) is 4.98 Å². The van der Waals surface area contributed by atoms with Gasteiger partial charge in [-0.1, -0.05) is 57.5 Å². The second-order valence-corrected chi connectivity index (χ2v) is 6.22. The first kappa shape index (κ1) is 17.3. The Hall–Kier alpha value is -2.10. The highest BCUT2D eigenvalue weighted by molar-refractivity contribution is 5.64. The summed E-state index contributed by atoms with van der Waals surface area (Å²) >= 11 is 0. The molecule has 0 unspecified atom stereocenters. The van der Waals surface area contributed by atoms with Crippen molar-refractivity contribution >= 4 is 11.8 Å². The molecule has 2 aromatic rings. The molecular formula is C19H28N4. The van der Waals surface area contributed by atoms with Crippen molar-refractivity contribution < 1.29 is 0 Å². The van der Waals surface area contributed by atoms with Crippen molar-refractivity contribution in [2.24, 2.45) is 5.92 Å². The van der Waals surface area contributed by atoms with E-state index >= 15 is 0 Å². The summed E-state index contributed by atoms with van der Waals surface area (Å²) in [6, 6.07) is 12.3. The first-order chi connectivity index (χ1) is 11.2. The van der Waals surface area contributed by atoms with Crippen LogP contribution in [0.1, 0.15) is 40.0 Å². The van der Waals surface area contributed by atoms with Crippen molar-refractivity contribution in [1.82, 2.24) is 9.97 Å². The molecule has 0 bridgehead atoms. The van der Waals surface area contributed by atoms with Crippen molar-refractivity contribution in [3.05, 3.63) is 36.4 Å². The Kier molecular flexibility index (Phi) is 6.85. The van der Waals surface area contributed by atoms with Crippen LogP contribution in [0.25, 0.3) is 11.3 Å². The molecule has 0 radical (unpaired) electrons. The molecule has 0 fully saturated rings. The third-order valence-electron chi connectivity index (χ3n) is 3.64. The molecule has 1 aromatic heterocycles. The lowest BCUT2D eigenvalue weighted by molar-refractivity contribution is 0.606. The average molecular weight is 312 g/mol. The molecule has 23 heavy (non-hydrogen) atoms.